The third-order valence-electron chi connectivity index (χ3n) is 6.68. The van der Waals surface area contributed by atoms with Gasteiger partial charge in [-0.1, -0.05) is 17.8 Å². The fourth-order valence-corrected chi connectivity index (χ4v) is 7.23. The molecule has 10 nitrogen and oxygen atoms in total. The van der Waals surface area contributed by atoms with Gasteiger partial charge in [-0.15, -0.1) is 0 Å². The van der Waals surface area contributed by atoms with Crippen molar-refractivity contribution in [1.82, 2.24) is 14.7 Å². The monoisotopic (exact) mass is 518 g/mol. The summed E-state index contributed by atoms with van der Waals surface area (Å²) >= 11 is 1.46. The number of piperazine rings is 1. The molecule has 3 amide bonds. The standard InChI is InChI=1S/C23H26N4O6S2/c1-13(28)34-22(3)18(29)27-17(14-7-8-15-16(9-14)33-12-32-15)21(2,11-24)10-23(27,19(30)26(22)6)35-20(31)25(4)5/h7-9,17H,10,12H2,1-6H3/t17?,21-,22+,23+/m1/s1. The fourth-order valence-electron chi connectivity index (χ4n) is 4.91. The topological polar surface area (TPSA) is 120 Å². The lowest BCUT2D eigenvalue weighted by atomic mass is 9.79. The van der Waals surface area contributed by atoms with Crippen LogP contribution in [0.1, 0.15) is 38.8 Å². The van der Waals surface area contributed by atoms with Crippen LogP contribution in [0.4, 0.5) is 4.79 Å². The van der Waals surface area contributed by atoms with Crippen LogP contribution in [0, 0.1) is 16.7 Å². The average molecular weight is 519 g/mol. The van der Waals surface area contributed by atoms with Crippen LogP contribution in [-0.2, 0) is 14.4 Å². The Bertz CT molecular complexity index is 1190. The molecule has 4 rings (SSSR count). The molecule has 3 heterocycles. The van der Waals surface area contributed by atoms with Crippen LogP contribution in [0.2, 0.25) is 0 Å². The molecule has 2 saturated heterocycles. The number of likely N-dealkylation sites (N-methyl/N-ethyl adjacent to an activating group) is 1. The molecule has 1 unspecified atom stereocenters. The molecule has 0 bridgehead atoms. The maximum Gasteiger partial charge on any atom is 0.283 e. The van der Waals surface area contributed by atoms with E-state index >= 15 is 0 Å². The van der Waals surface area contributed by atoms with E-state index in [4.69, 9.17) is 9.47 Å². The third-order valence-corrected chi connectivity index (χ3v) is 9.21. The molecule has 0 aliphatic carbocycles. The Hall–Kier alpha value is -2.91. The number of thioether (sulfide) groups is 2. The first-order chi connectivity index (χ1) is 16.3. The van der Waals surface area contributed by atoms with Crippen molar-refractivity contribution in [3.63, 3.8) is 0 Å². The van der Waals surface area contributed by atoms with E-state index in [1.165, 1.54) is 35.6 Å². The van der Waals surface area contributed by atoms with Crippen molar-refractivity contribution in [3.8, 4) is 17.6 Å². The summed E-state index contributed by atoms with van der Waals surface area (Å²) in [6.45, 7) is 4.57. The molecular formula is C23H26N4O6S2. The minimum Gasteiger partial charge on any atom is -0.454 e. The van der Waals surface area contributed by atoms with Crippen molar-refractivity contribution < 1.29 is 28.7 Å². The molecule has 12 heteroatoms. The zero-order valence-electron chi connectivity index (χ0n) is 20.3. The van der Waals surface area contributed by atoms with E-state index in [2.05, 4.69) is 6.07 Å². The van der Waals surface area contributed by atoms with Gasteiger partial charge in [0.25, 0.3) is 17.1 Å². The van der Waals surface area contributed by atoms with Crippen LogP contribution in [0.25, 0.3) is 0 Å². The number of fused-ring (bicyclic) bond motifs is 2. The number of ether oxygens (including phenoxy) is 2. The molecule has 4 atom stereocenters. The van der Waals surface area contributed by atoms with Gasteiger partial charge < -0.3 is 24.2 Å². The van der Waals surface area contributed by atoms with E-state index in [0.29, 0.717) is 17.1 Å². The normalized spacial score (nSPS) is 31.3. The van der Waals surface area contributed by atoms with Crippen LogP contribution < -0.4 is 9.47 Å². The van der Waals surface area contributed by atoms with Gasteiger partial charge in [-0.25, -0.2) is 0 Å². The number of hydrogen-bond donors (Lipinski definition) is 0. The number of amides is 3. The smallest absolute Gasteiger partial charge is 0.283 e. The quantitative estimate of drug-likeness (QED) is 0.595. The summed E-state index contributed by atoms with van der Waals surface area (Å²) in [4.78, 5) is 54.1. The number of carbonyl (C=O) groups excluding carboxylic acids is 4. The second kappa shape index (κ2) is 8.34. The minimum atomic E-state index is -1.67. The van der Waals surface area contributed by atoms with Gasteiger partial charge in [0.15, 0.2) is 26.4 Å². The Balaban J connectivity index is 1.96. The van der Waals surface area contributed by atoms with Gasteiger partial charge in [0.05, 0.1) is 17.5 Å². The summed E-state index contributed by atoms with van der Waals surface area (Å²) in [5.41, 5.74) is -0.662. The van der Waals surface area contributed by atoms with Crippen molar-refractivity contribution in [2.24, 2.45) is 5.41 Å². The number of nitriles is 1. The van der Waals surface area contributed by atoms with Crippen molar-refractivity contribution in [1.29, 1.82) is 5.26 Å². The van der Waals surface area contributed by atoms with Gasteiger partial charge in [-0.3, -0.25) is 19.2 Å². The van der Waals surface area contributed by atoms with E-state index in [0.717, 1.165) is 23.5 Å². The predicted molar refractivity (Wildman–Crippen MR) is 129 cm³/mol. The Morgan fingerprint density at radius 1 is 1.14 bits per heavy atom. The summed E-state index contributed by atoms with van der Waals surface area (Å²) in [6.07, 6.45) is -0.0738. The SMILES string of the molecule is CC(=O)S[C@@]1(C)C(=O)N2C(c3ccc4c(c3)OCO4)[C@@](C)(C#N)C[C@]2(SC(=O)N(C)C)C(=O)N1C. The summed E-state index contributed by atoms with van der Waals surface area (Å²) in [6, 6.07) is 6.55. The second-order valence-corrected chi connectivity index (χ2v) is 12.2. The molecule has 0 N–H and O–H groups in total. The zero-order chi connectivity index (χ0) is 25.9. The average Bonchev–Trinajstić information content (AvgIpc) is 3.36. The van der Waals surface area contributed by atoms with Crippen LogP contribution in [0.15, 0.2) is 18.2 Å². The highest BCUT2D eigenvalue weighted by molar-refractivity contribution is 8.16. The molecule has 186 valence electrons. The first kappa shape index (κ1) is 25.2. The molecule has 2 fully saturated rings. The van der Waals surface area contributed by atoms with Crippen molar-refractivity contribution in [2.45, 2.75) is 43.0 Å². The van der Waals surface area contributed by atoms with Crippen molar-refractivity contribution >= 4 is 45.7 Å². The highest BCUT2D eigenvalue weighted by Crippen LogP contribution is 2.62. The number of carbonyl (C=O) groups is 4. The maximum atomic E-state index is 14.3. The molecule has 3 aliphatic rings. The third kappa shape index (κ3) is 3.63. The predicted octanol–water partition coefficient (Wildman–Crippen LogP) is 2.80. The molecule has 0 radical (unpaired) electrons. The molecule has 0 spiro atoms. The van der Waals surface area contributed by atoms with Gasteiger partial charge in [0.1, 0.15) is 0 Å². The van der Waals surface area contributed by atoms with Crippen molar-refractivity contribution in [2.75, 3.05) is 27.9 Å². The molecule has 0 aromatic heterocycles. The summed E-state index contributed by atoms with van der Waals surface area (Å²) in [5, 5.41) is 9.56. The number of nitrogens with zero attached hydrogens (tertiary/aromatic N) is 4. The van der Waals surface area contributed by atoms with Crippen LogP contribution >= 0.6 is 23.5 Å². The Morgan fingerprint density at radius 2 is 1.80 bits per heavy atom. The van der Waals surface area contributed by atoms with Gasteiger partial charge in [-0.05, 0) is 43.3 Å². The molecule has 0 saturated carbocycles. The highest BCUT2D eigenvalue weighted by atomic mass is 32.2. The summed E-state index contributed by atoms with van der Waals surface area (Å²) in [7, 11) is 4.56. The van der Waals surface area contributed by atoms with Gasteiger partial charge in [0, 0.05) is 34.5 Å². The number of benzene rings is 1. The number of hydrogen-bond acceptors (Lipinski definition) is 9. The lowest BCUT2D eigenvalue weighted by Crippen LogP contribution is -2.71. The second-order valence-electron chi connectivity index (χ2n) is 9.38. The van der Waals surface area contributed by atoms with E-state index in [-0.39, 0.29) is 18.3 Å². The molecular weight excluding hydrogens is 492 g/mol. The van der Waals surface area contributed by atoms with Gasteiger partial charge in [0.2, 0.25) is 6.79 Å². The van der Waals surface area contributed by atoms with Gasteiger partial charge in [-0.2, -0.15) is 5.26 Å². The maximum absolute atomic E-state index is 14.3. The van der Waals surface area contributed by atoms with Crippen LogP contribution in [0.3, 0.4) is 0 Å². The molecule has 1 aromatic rings. The molecule has 35 heavy (non-hydrogen) atoms. The Kier molecular flexibility index (Phi) is 6.00. The van der Waals surface area contributed by atoms with Crippen molar-refractivity contribution in [3.05, 3.63) is 23.8 Å². The molecule has 3 aliphatic heterocycles. The summed E-state index contributed by atoms with van der Waals surface area (Å²) in [5.74, 6) is -0.0450. The van der Waals surface area contributed by atoms with E-state index in [9.17, 15) is 24.4 Å². The lowest BCUT2D eigenvalue weighted by molar-refractivity contribution is -0.163. The van der Waals surface area contributed by atoms with E-state index in [1.807, 2.05) is 0 Å². The van der Waals surface area contributed by atoms with E-state index < -0.39 is 38.3 Å². The fraction of sp³-hybridized carbons (Fsp3) is 0.522. The first-order valence-electron chi connectivity index (χ1n) is 10.8. The van der Waals surface area contributed by atoms with Gasteiger partial charge >= 0.3 is 0 Å². The summed E-state index contributed by atoms with van der Waals surface area (Å²) < 4.78 is 10.9. The highest BCUT2D eigenvalue weighted by Gasteiger charge is 2.72. The zero-order valence-corrected chi connectivity index (χ0v) is 21.9. The number of rotatable bonds is 3. The molecule has 1 aromatic carbocycles. The first-order valence-corrected chi connectivity index (χ1v) is 12.5. The largest absolute Gasteiger partial charge is 0.454 e. The lowest BCUT2D eigenvalue weighted by Gasteiger charge is -2.52. The Morgan fingerprint density at radius 3 is 2.40 bits per heavy atom. The van der Waals surface area contributed by atoms with Crippen LogP contribution in [-0.4, -0.2) is 74.5 Å². The van der Waals surface area contributed by atoms with Crippen LogP contribution in [0.5, 0.6) is 11.5 Å². The minimum absolute atomic E-state index is 0.0509. The Labute approximate surface area is 211 Å². The van der Waals surface area contributed by atoms with E-state index in [1.54, 1.807) is 39.2 Å².